The maximum atomic E-state index is 11.9. The van der Waals surface area contributed by atoms with Crippen LogP contribution in [-0.2, 0) is 16.1 Å². The van der Waals surface area contributed by atoms with Crippen molar-refractivity contribution in [3.63, 3.8) is 0 Å². The van der Waals surface area contributed by atoms with Gasteiger partial charge in [-0.25, -0.2) is 4.98 Å². The molecule has 1 amide bonds. The average Bonchev–Trinajstić information content (AvgIpc) is 3.10. The Kier molecular flexibility index (Phi) is 4.15. The maximum absolute atomic E-state index is 11.9. The summed E-state index contributed by atoms with van der Waals surface area (Å²) < 4.78 is 6.14. The van der Waals surface area contributed by atoms with Gasteiger partial charge in [-0.05, 0) is 19.3 Å². The third kappa shape index (κ3) is 3.05. The first kappa shape index (κ1) is 14.6. The van der Waals surface area contributed by atoms with Crippen LogP contribution in [0.15, 0.2) is 11.6 Å². The Morgan fingerprint density at radius 3 is 3.05 bits per heavy atom. The van der Waals surface area contributed by atoms with E-state index in [1.807, 2.05) is 11.6 Å². The third-order valence-electron chi connectivity index (χ3n) is 5.21. The molecule has 0 radical (unpaired) electrons. The summed E-state index contributed by atoms with van der Waals surface area (Å²) >= 11 is 1.72. The van der Waals surface area contributed by atoms with Gasteiger partial charge in [-0.3, -0.25) is 9.69 Å². The molecule has 1 saturated carbocycles. The van der Waals surface area contributed by atoms with Crippen molar-refractivity contribution in [1.29, 1.82) is 0 Å². The van der Waals surface area contributed by atoms with Crippen LogP contribution in [0.3, 0.4) is 0 Å². The molecule has 0 bridgehead atoms. The Hall–Kier alpha value is -0.980. The summed E-state index contributed by atoms with van der Waals surface area (Å²) in [5.74, 6) is 1.12. The molecule has 1 aromatic heterocycles. The van der Waals surface area contributed by atoms with Crippen LogP contribution in [0.5, 0.6) is 0 Å². The maximum Gasteiger partial charge on any atom is 0.223 e. The van der Waals surface area contributed by atoms with Crippen LogP contribution in [0.4, 0.5) is 0 Å². The standard InChI is InChI=1S/C16H23N3O2S/c20-16(11-2-1-3-11)18-7-13-6-12-8-19(9-14(12)21-13)10-15-17-4-5-22-15/h4-5,11-14H,1-3,6-10H2,(H,18,20)/t12-,13-,14+/m1/s1. The summed E-state index contributed by atoms with van der Waals surface area (Å²) in [6, 6.07) is 0. The van der Waals surface area contributed by atoms with Gasteiger partial charge < -0.3 is 10.1 Å². The van der Waals surface area contributed by atoms with Gasteiger partial charge in [0.1, 0.15) is 5.01 Å². The third-order valence-corrected chi connectivity index (χ3v) is 5.98. The molecule has 0 spiro atoms. The molecule has 4 rings (SSSR count). The molecule has 22 heavy (non-hydrogen) atoms. The molecular weight excluding hydrogens is 298 g/mol. The summed E-state index contributed by atoms with van der Waals surface area (Å²) in [6.07, 6.45) is 6.82. The number of aromatic nitrogens is 1. The van der Waals surface area contributed by atoms with Crippen molar-refractivity contribution < 1.29 is 9.53 Å². The van der Waals surface area contributed by atoms with Crippen LogP contribution in [0, 0.1) is 11.8 Å². The van der Waals surface area contributed by atoms with E-state index in [0.29, 0.717) is 18.6 Å². The number of hydrogen-bond donors (Lipinski definition) is 1. The molecule has 3 atom stereocenters. The van der Waals surface area contributed by atoms with E-state index >= 15 is 0 Å². The molecule has 1 aliphatic carbocycles. The van der Waals surface area contributed by atoms with Gasteiger partial charge in [-0.15, -0.1) is 11.3 Å². The van der Waals surface area contributed by atoms with Crippen molar-refractivity contribution in [3.8, 4) is 0 Å². The van der Waals surface area contributed by atoms with Crippen LogP contribution in [0.1, 0.15) is 30.7 Å². The molecule has 2 saturated heterocycles. The SMILES string of the molecule is O=C(NC[C@H]1C[C@@H]2CN(Cc3nccs3)C[C@@H]2O1)C1CCC1. The van der Waals surface area contributed by atoms with Crippen LogP contribution in [0.25, 0.3) is 0 Å². The Morgan fingerprint density at radius 1 is 1.45 bits per heavy atom. The van der Waals surface area contributed by atoms with Gasteiger partial charge in [0.25, 0.3) is 0 Å². The highest BCUT2D eigenvalue weighted by Crippen LogP contribution is 2.33. The fourth-order valence-corrected chi connectivity index (χ4v) is 4.42. The molecule has 120 valence electrons. The second-order valence-electron chi connectivity index (χ2n) is 6.79. The number of carbonyl (C=O) groups is 1. The van der Waals surface area contributed by atoms with E-state index in [-0.39, 0.29) is 17.9 Å². The Labute approximate surface area is 135 Å². The quantitative estimate of drug-likeness (QED) is 0.896. The van der Waals surface area contributed by atoms with E-state index in [1.54, 1.807) is 11.3 Å². The second kappa shape index (κ2) is 6.26. The molecule has 0 unspecified atom stereocenters. The van der Waals surface area contributed by atoms with Gasteiger partial charge in [0.05, 0.1) is 18.8 Å². The van der Waals surface area contributed by atoms with Crippen molar-refractivity contribution in [2.24, 2.45) is 11.8 Å². The highest BCUT2D eigenvalue weighted by Gasteiger charge is 2.42. The number of rotatable bonds is 5. The summed E-state index contributed by atoms with van der Waals surface area (Å²) in [6.45, 7) is 3.72. The second-order valence-corrected chi connectivity index (χ2v) is 7.76. The Balaban J connectivity index is 1.21. The molecule has 1 aromatic rings. The van der Waals surface area contributed by atoms with Crippen molar-refractivity contribution >= 4 is 17.2 Å². The molecule has 6 heteroatoms. The Morgan fingerprint density at radius 2 is 2.36 bits per heavy atom. The number of nitrogens with one attached hydrogen (secondary N) is 1. The lowest BCUT2D eigenvalue weighted by molar-refractivity contribution is -0.128. The number of ether oxygens (including phenoxy) is 1. The van der Waals surface area contributed by atoms with E-state index in [2.05, 4.69) is 15.2 Å². The van der Waals surface area contributed by atoms with Gasteiger partial charge in [-0.2, -0.15) is 0 Å². The molecule has 5 nitrogen and oxygen atoms in total. The summed E-state index contributed by atoms with van der Waals surface area (Å²) in [5, 5.41) is 6.29. The smallest absolute Gasteiger partial charge is 0.223 e. The number of likely N-dealkylation sites (tertiary alicyclic amines) is 1. The first-order chi connectivity index (χ1) is 10.8. The number of fused-ring (bicyclic) bond motifs is 1. The first-order valence-corrected chi connectivity index (χ1v) is 9.20. The van der Waals surface area contributed by atoms with Crippen molar-refractivity contribution in [1.82, 2.24) is 15.2 Å². The normalized spacial score (nSPS) is 31.9. The van der Waals surface area contributed by atoms with E-state index in [0.717, 1.165) is 38.9 Å². The minimum Gasteiger partial charge on any atom is -0.371 e. The highest BCUT2D eigenvalue weighted by molar-refractivity contribution is 7.09. The summed E-state index contributed by atoms with van der Waals surface area (Å²) in [4.78, 5) is 18.7. The van der Waals surface area contributed by atoms with Crippen LogP contribution >= 0.6 is 11.3 Å². The molecular formula is C16H23N3O2S. The first-order valence-electron chi connectivity index (χ1n) is 8.32. The van der Waals surface area contributed by atoms with Crippen molar-refractivity contribution in [3.05, 3.63) is 16.6 Å². The van der Waals surface area contributed by atoms with Crippen LogP contribution in [-0.4, -0.2) is 47.6 Å². The molecule has 3 aliphatic rings. The predicted octanol–water partition coefficient (Wildman–Crippen LogP) is 1.65. The molecule has 0 aromatic carbocycles. The molecule has 2 aliphatic heterocycles. The summed E-state index contributed by atoms with van der Waals surface area (Å²) in [5.41, 5.74) is 0. The van der Waals surface area contributed by atoms with Crippen molar-refractivity contribution in [2.45, 2.75) is 44.4 Å². The zero-order valence-electron chi connectivity index (χ0n) is 12.7. The lowest BCUT2D eigenvalue weighted by atomic mass is 9.85. The van der Waals surface area contributed by atoms with Crippen LogP contribution in [0.2, 0.25) is 0 Å². The lowest BCUT2D eigenvalue weighted by Crippen LogP contribution is -2.39. The van der Waals surface area contributed by atoms with E-state index in [9.17, 15) is 4.79 Å². The monoisotopic (exact) mass is 321 g/mol. The zero-order valence-corrected chi connectivity index (χ0v) is 13.6. The zero-order chi connectivity index (χ0) is 14.9. The fraction of sp³-hybridized carbons (Fsp3) is 0.750. The van der Waals surface area contributed by atoms with Gasteiger partial charge in [0.15, 0.2) is 0 Å². The number of carbonyl (C=O) groups excluding carboxylic acids is 1. The van der Waals surface area contributed by atoms with Gasteiger partial charge in [0, 0.05) is 43.0 Å². The van der Waals surface area contributed by atoms with Crippen molar-refractivity contribution in [2.75, 3.05) is 19.6 Å². The van der Waals surface area contributed by atoms with E-state index in [4.69, 9.17) is 4.74 Å². The molecule has 3 fully saturated rings. The number of hydrogen-bond acceptors (Lipinski definition) is 5. The van der Waals surface area contributed by atoms with Crippen LogP contribution < -0.4 is 5.32 Å². The highest BCUT2D eigenvalue weighted by atomic mass is 32.1. The lowest BCUT2D eigenvalue weighted by Gasteiger charge is -2.25. The molecule has 1 N–H and O–H groups in total. The minimum absolute atomic E-state index is 0.209. The molecule has 3 heterocycles. The Bertz CT molecular complexity index is 503. The van der Waals surface area contributed by atoms with E-state index in [1.165, 1.54) is 11.4 Å². The summed E-state index contributed by atoms with van der Waals surface area (Å²) in [7, 11) is 0. The average molecular weight is 321 g/mol. The largest absolute Gasteiger partial charge is 0.371 e. The van der Waals surface area contributed by atoms with Gasteiger partial charge in [0.2, 0.25) is 5.91 Å². The van der Waals surface area contributed by atoms with Gasteiger partial charge in [-0.1, -0.05) is 6.42 Å². The number of nitrogens with zero attached hydrogens (tertiary/aromatic N) is 2. The minimum atomic E-state index is 0.209. The number of amides is 1. The van der Waals surface area contributed by atoms with E-state index < -0.39 is 0 Å². The number of thiazole rings is 1. The van der Waals surface area contributed by atoms with Gasteiger partial charge >= 0.3 is 0 Å². The fourth-order valence-electron chi connectivity index (χ4n) is 3.76. The topological polar surface area (TPSA) is 54.5 Å². The predicted molar refractivity (Wildman–Crippen MR) is 84.5 cm³/mol.